The molecule has 2 aliphatic heterocycles. The summed E-state index contributed by atoms with van der Waals surface area (Å²) in [6, 6.07) is 9.19. The van der Waals surface area contributed by atoms with Gasteiger partial charge in [-0.1, -0.05) is 30.3 Å². The molecular formula is C14H17NO7. The Bertz CT molecular complexity index is 523. The Kier molecular flexibility index (Phi) is 4.37. The summed E-state index contributed by atoms with van der Waals surface area (Å²) in [5.41, 5.74) is 0.787. The number of aliphatic hydroxyl groups is 2. The van der Waals surface area contributed by atoms with Gasteiger partial charge in [0.1, 0.15) is 24.4 Å². The lowest BCUT2D eigenvalue weighted by atomic mass is 9.94. The van der Waals surface area contributed by atoms with E-state index in [0.717, 1.165) is 5.56 Å². The first kappa shape index (κ1) is 15.3. The van der Waals surface area contributed by atoms with E-state index in [4.69, 9.17) is 14.2 Å². The molecule has 1 aromatic carbocycles. The molecule has 2 fully saturated rings. The standard InChI is InChI=1S/C14H17NO7/c16-11-9(6-15(18)19)21-10-7-20-14(22-13(10)12(11)17)8-4-2-1-3-5-8/h1-5,9-14,16-17H,6-7H2/t9-,10+,11+,12+,13+,14+/m0/s1. The third kappa shape index (κ3) is 2.96. The number of aliphatic hydroxyl groups excluding tert-OH is 2. The zero-order chi connectivity index (χ0) is 15.7. The van der Waals surface area contributed by atoms with E-state index in [1.807, 2.05) is 30.3 Å². The van der Waals surface area contributed by atoms with Gasteiger partial charge in [0.05, 0.1) is 6.61 Å². The quantitative estimate of drug-likeness (QED) is 0.590. The highest BCUT2D eigenvalue weighted by molar-refractivity contribution is 5.16. The lowest BCUT2D eigenvalue weighted by Gasteiger charge is -2.45. The summed E-state index contributed by atoms with van der Waals surface area (Å²) in [5.74, 6) is 0. The first-order valence-electron chi connectivity index (χ1n) is 7.01. The predicted molar refractivity (Wildman–Crippen MR) is 72.5 cm³/mol. The molecule has 8 heteroatoms. The predicted octanol–water partition coefficient (Wildman–Crippen LogP) is -0.134. The highest BCUT2D eigenvalue weighted by atomic mass is 16.7. The van der Waals surface area contributed by atoms with Gasteiger partial charge in [-0.05, 0) is 0 Å². The van der Waals surface area contributed by atoms with Crippen LogP contribution in [0.4, 0.5) is 0 Å². The molecule has 8 nitrogen and oxygen atoms in total. The Morgan fingerprint density at radius 3 is 2.59 bits per heavy atom. The van der Waals surface area contributed by atoms with Crippen LogP contribution in [0, 0.1) is 10.1 Å². The number of hydrogen-bond donors (Lipinski definition) is 2. The Morgan fingerprint density at radius 1 is 1.18 bits per heavy atom. The van der Waals surface area contributed by atoms with Gasteiger partial charge in [0.2, 0.25) is 6.54 Å². The van der Waals surface area contributed by atoms with Gasteiger partial charge >= 0.3 is 0 Å². The van der Waals surface area contributed by atoms with Gasteiger partial charge in [0.25, 0.3) is 0 Å². The molecule has 0 unspecified atom stereocenters. The molecule has 120 valence electrons. The molecule has 0 saturated carbocycles. The van der Waals surface area contributed by atoms with E-state index in [-0.39, 0.29) is 6.61 Å². The second-order valence-corrected chi connectivity index (χ2v) is 5.39. The lowest BCUT2D eigenvalue weighted by Crippen LogP contribution is -2.62. The van der Waals surface area contributed by atoms with Crippen molar-refractivity contribution in [3.8, 4) is 0 Å². The monoisotopic (exact) mass is 311 g/mol. The molecule has 3 rings (SSSR count). The van der Waals surface area contributed by atoms with Crippen LogP contribution in [0.15, 0.2) is 30.3 Å². The Hall–Kier alpha value is -1.58. The van der Waals surface area contributed by atoms with Gasteiger partial charge < -0.3 is 24.4 Å². The Labute approximate surface area is 126 Å². The molecule has 0 radical (unpaired) electrons. The van der Waals surface area contributed by atoms with E-state index in [2.05, 4.69) is 0 Å². The largest absolute Gasteiger partial charge is 0.387 e. The smallest absolute Gasteiger partial charge is 0.232 e. The number of nitrogens with zero attached hydrogens (tertiary/aromatic N) is 1. The molecule has 0 aliphatic carbocycles. The molecule has 6 atom stereocenters. The summed E-state index contributed by atoms with van der Waals surface area (Å²) in [6.45, 7) is -0.453. The third-order valence-corrected chi connectivity index (χ3v) is 3.88. The van der Waals surface area contributed by atoms with Crippen molar-refractivity contribution in [1.29, 1.82) is 0 Å². The molecular weight excluding hydrogens is 294 g/mol. The second kappa shape index (κ2) is 6.27. The van der Waals surface area contributed by atoms with Crippen LogP contribution in [-0.2, 0) is 14.2 Å². The van der Waals surface area contributed by atoms with Crippen molar-refractivity contribution in [3.63, 3.8) is 0 Å². The number of nitro groups is 1. The van der Waals surface area contributed by atoms with Crippen molar-refractivity contribution in [2.75, 3.05) is 13.2 Å². The molecule has 2 aliphatic rings. The van der Waals surface area contributed by atoms with E-state index in [1.54, 1.807) is 0 Å². The van der Waals surface area contributed by atoms with Gasteiger partial charge in [-0.15, -0.1) is 0 Å². The first-order chi connectivity index (χ1) is 10.6. The number of hydrogen-bond acceptors (Lipinski definition) is 7. The van der Waals surface area contributed by atoms with E-state index < -0.39 is 48.3 Å². The molecule has 0 amide bonds. The second-order valence-electron chi connectivity index (χ2n) is 5.39. The van der Waals surface area contributed by atoms with Crippen molar-refractivity contribution in [1.82, 2.24) is 0 Å². The van der Waals surface area contributed by atoms with Gasteiger partial charge in [-0.2, -0.15) is 0 Å². The normalized spacial score (nSPS) is 38.3. The van der Waals surface area contributed by atoms with Gasteiger partial charge in [0, 0.05) is 10.5 Å². The van der Waals surface area contributed by atoms with Crippen LogP contribution >= 0.6 is 0 Å². The fraction of sp³-hybridized carbons (Fsp3) is 0.571. The average molecular weight is 311 g/mol. The minimum atomic E-state index is -1.37. The zero-order valence-corrected chi connectivity index (χ0v) is 11.6. The van der Waals surface area contributed by atoms with Crippen LogP contribution in [0.3, 0.4) is 0 Å². The van der Waals surface area contributed by atoms with Crippen molar-refractivity contribution in [2.45, 2.75) is 36.8 Å². The summed E-state index contributed by atoms with van der Waals surface area (Å²) in [5, 5.41) is 30.8. The average Bonchev–Trinajstić information content (AvgIpc) is 2.52. The van der Waals surface area contributed by atoms with Crippen LogP contribution in [-0.4, -0.2) is 58.8 Å². The molecule has 1 aromatic rings. The summed E-state index contributed by atoms with van der Waals surface area (Å²) in [7, 11) is 0. The van der Waals surface area contributed by atoms with Crippen molar-refractivity contribution >= 4 is 0 Å². The maximum absolute atomic E-state index is 10.6. The minimum Gasteiger partial charge on any atom is -0.387 e. The van der Waals surface area contributed by atoms with Crippen LogP contribution < -0.4 is 0 Å². The highest BCUT2D eigenvalue weighted by Gasteiger charge is 2.50. The van der Waals surface area contributed by atoms with Crippen LogP contribution in [0.1, 0.15) is 11.9 Å². The van der Waals surface area contributed by atoms with E-state index in [0.29, 0.717) is 0 Å². The van der Waals surface area contributed by atoms with Crippen molar-refractivity contribution < 1.29 is 29.3 Å². The fourth-order valence-electron chi connectivity index (χ4n) is 2.77. The number of ether oxygens (including phenoxy) is 3. The summed E-state index contributed by atoms with van der Waals surface area (Å²) < 4.78 is 16.7. The lowest BCUT2D eigenvalue weighted by molar-refractivity contribution is -0.501. The molecule has 2 saturated heterocycles. The first-order valence-corrected chi connectivity index (χ1v) is 7.01. The molecule has 2 heterocycles. The molecule has 2 N–H and O–H groups in total. The summed E-state index contributed by atoms with van der Waals surface area (Å²) >= 11 is 0. The fourth-order valence-corrected chi connectivity index (χ4v) is 2.77. The van der Waals surface area contributed by atoms with Crippen molar-refractivity contribution in [2.24, 2.45) is 0 Å². The maximum atomic E-state index is 10.6. The van der Waals surface area contributed by atoms with E-state index in [9.17, 15) is 20.3 Å². The van der Waals surface area contributed by atoms with E-state index >= 15 is 0 Å². The van der Waals surface area contributed by atoms with Gasteiger partial charge in [-0.25, -0.2) is 0 Å². The zero-order valence-electron chi connectivity index (χ0n) is 11.6. The molecule has 0 spiro atoms. The van der Waals surface area contributed by atoms with Crippen LogP contribution in [0.5, 0.6) is 0 Å². The Balaban J connectivity index is 1.71. The topological polar surface area (TPSA) is 111 Å². The summed E-state index contributed by atoms with van der Waals surface area (Å²) in [4.78, 5) is 10.0. The maximum Gasteiger partial charge on any atom is 0.232 e. The number of rotatable bonds is 3. The summed E-state index contributed by atoms with van der Waals surface area (Å²) in [6.07, 6.45) is -5.83. The number of benzene rings is 1. The van der Waals surface area contributed by atoms with Crippen molar-refractivity contribution in [3.05, 3.63) is 46.0 Å². The van der Waals surface area contributed by atoms with Crippen LogP contribution in [0.2, 0.25) is 0 Å². The SMILES string of the molecule is O=[N+]([O-])C[C@@H]1O[C@@H]2CO[C@@H](c3ccccc3)O[C@H]2[C@H](O)[C@@H]1O. The molecule has 0 aromatic heterocycles. The minimum absolute atomic E-state index is 0.127. The van der Waals surface area contributed by atoms with Gasteiger partial charge in [0.15, 0.2) is 12.4 Å². The third-order valence-electron chi connectivity index (χ3n) is 3.88. The van der Waals surface area contributed by atoms with Crippen LogP contribution in [0.25, 0.3) is 0 Å². The highest BCUT2D eigenvalue weighted by Crippen LogP contribution is 2.33. The molecule has 22 heavy (non-hydrogen) atoms. The van der Waals surface area contributed by atoms with Gasteiger partial charge in [-0.3, -0.25) is 10.1 Å². The molecule has 0 bridgehead atoms. The Morgan fingerprint density at radius 2 is 1.91 bits per heavy atom. The number of fused-ring (bicyclic) bond motifs is 1. The van der Waals surface area contributed by atoms with E-state index in [1.165, 1.54) is 0 Å².